The number of nitrogens with one attached hydrogen (secondary N) is 1. The first kappa shape index (κ1) is 13.3. The zero-order valence-electron chi connectivity index (χ0n) is 10.3. The first-order valence-corrected chi connectivity index (χ1v) is 6.55. The molecule has 1 aromatic heterocycles. The minimum Gasteiger partial charge on any atom is -0.477 e. The Kier molecular flexibility index (Phi) is 3.97. The molecular formula is C14H13NO3S. The Bertz CT molecular complexity index is 604. The highest BCUT2D eigenvalue weighted by atomic mass is 32.1. The van der Waals surface area contributed by atoms with Crippen molar-refractivity contribution in [1.29, 1.82) is 0 Å². The van der Waals surface area contributed by atoms with E-state index in [4.69, 9.17) is 5.11 Å². The molecule has 0 radical (unpaired) electrons. The lowest BCUT2D eigenvalue weighted by molar-refractivity contribution is -0.115. The summed E-state index contributed by atoms with van der Waals surface area (Å²) in [5.74, 6) is -1.12. The highest BCUT2D eigenvalue weighted by Gasteiger charge is 2.13. The number of hydrogen-bond donors (Lipinski definition) is 2. The smallest absolute Gasteiger partial charge is 0.346 e. The number of carbonyl (C=O) groups is 2. The van der Waals surface area contributed by atoms with Gasteiger partial charge in [0.05, 0.1) is 11.4 Å². The number of benzene rings is 1. The third kappa shape index (κ3) is 3.42. The molecule has 0 aliphatic rings. The van der Waals surface area contributed by atoms with Crippen molar-refractivity contribution in [2.45, 2.75) is 13.3 Å². The van der Waals surface area contributed by atoms with E-state index in [9.17, 15) is 9.59 Å². The summed E-state index contributed by atoms with van der Waals surface area (Å²) < 4.78 is 0. The molecule has 4 nitrogen and oxygen atoms in total. The molecule has 1 amide bonds. The fourth-order valence-electron chi connectivity index (χ4n) is 1.72. The first-order valence-electron chi connectivity index (χ1n) is 5.74. The molecule has 0 atom stereocenters. The number of thiophene rings is 1. The molecule has 0 unspecified atom stereocenters. The second-order valence-electron chi connectivity index (χ2n) is 4.14. The second-order valence-corrected chi connectivity index (χ2v) is 5.19. The quantitative estimate of drug-likeness (QED) is 0.901. The zero-order valence-corrected chi connectivity index (χ0v) is 11.2. The second kappa shape index (κ2) is 5.67. The number of carboxylic acid groups (broad SMARTS) is 1. The van der Waals surface area contributed by atoms with Crippen LogP contribution in [0, 0.1) is 6.92 Å². The van der Waals surface area contributed by atoms with Crippen molar-refractivity contribution in [3.8, 4) is 0 Å². The molecule has 1 aromatic carbocycles. The number of carbonyl (C=O) groups excluding carboxylic acids is 1. The Balaban J connectivity index is 2.03. The summed E-state index contributed by atoms with van der Waals surface area (Å²) in [5, 5.41) is 12.2. The highest BCUT2D eigenvalue weighted by Crippen LogP contribution is 2.26. The highest BCUT2D eigenvalue weighted by molar-refractivity contribution is 7.18. The normalized spacial score (nSPS) is 10.2. The number of carboxylic acids is 1. The maximum Gasteiger partial charge on any atom is 0.346 e. The molecule has 0 saturated heterocycles. The van der Waals surface area contributed by atoms with E-state index >= 15 is 0 Å². The number of rotatable bonds is 4. The van der Waals surface area contributed by atoms with Gasteiger partial charge in [-0.15, -0.1) is 11.3 Å². The Labute approximate surface area is 114 Å². The van der Waals surface area contributed by atoms with Gasteiger partial charge in [-0.05, 0) is 24.1 Å². The summed E-state index contributed by atoms with van der Waals surface area (Å²) in [6.45, 7) is 1.72. The van der Waals surface area contributed by atoms with Gasteiger partial charge in [0.25, 0.3) is 0 Å². The van der Waals surface area contributed by atoms with E-state index in [0.717, 1.165) is 16.9 Å². The molecular weight excluding hydrogens is 262 g/mol. The molecule has 0 saturated carbocycles. The van der Waals surface area contributed by atoms with Gasteiger partial charge >= 0.3 is 5.97 Å². The van der Waals surface area contributed by atoms with Gasteiger partial charge in [0.2, 0.25) is 5.91 Å². The summed E-state index contributed by atoms with van der Waals surface area (Å²) in [7, 11) is 0. The Morgan fingerprint density at radius 3 is 2.53 bits per heavy atom. The van der Waals surface area contributed by atoms with E-state index < -0.39 is 5.97 Å². The van der Waals surface area contributed by atoms with Crippen LogP contribution < -0.4 is 5.32 Å². The van der Waals surface area contributed by atoms with E-state index in [-0.39, 0.29) is 17.2 Å². The lowest BCUT2D eigenvalue weighted by Gasteiger charge is -2.02. The molecule has 2 N–H and O–H groups in total. The van der Waals surface area contributed by atoms with Crippen LogP contribution in [0.3, 0.4) is 0 Å². The van der Waals surface area contributed by atoms with E-state index in [0.29, 0.717) is 10.6 Å². The lowest BCUT2D eigenvalue weighted by Crippen LogP contribution is -2.13. The third-order valence-electron chi connectivity index (χ3n) is 2.58. The van der Waals surface area contributed by atoms with Crippen molar-refractivity contribution in [2.24, 2.45) is 0 Å². The van der Waals surface area contributed by atoms with E-state index in [1.807, 2.05) is 30.3 Å². The third-order valence-corrected chi connectivity index (χ3v) is 3.72. The predicted molar refractivity (Wildman–Crippen MR) is 74.8 cm³/mol. The molecule has 5 heteroatoms. The van der Waals surface area contributed by atoms with Gasteiger partial charge in [-0.25, -0.2) is 4.79 Å². The van der Waals surface area contributed by atoms with Crippen molar-refractivity contribution in [1.82, 2.24) is 0 Å². The minimum atomic E-state index is -0.967. The predicted octanol–water partition coefficient (Wildman–Crippen LogP) is 2.94. The molecule has 2 rings (SSSR count). The Morgan fingerprint density at radius 2 is 1.95 bits per heavy atom. The molecule has 2 aromatic rings. The molecule has 98 valence electrons. The maximum atomic E-state index is 11.8. The topological polar surface area (TPSA) is 66.4 Å². The van der Waals surface area contributed by atoms with Crippen molar-refractivity contribution in [3.63, 3.8) is 0 Å². The summed E-state index contributed by atoms with van der Waals surface area (Å²) in [5.41, 5.74) is 1.58. The molecule has 0 fully saturated rings. The maximum absolute atomic E-state index is 11.8. The summed E-state index contributed by atoms with van der Waals surface area (Å²) in [4.78, 5) is 23.0. The van der Waals surface area contributed by atoms with Gasteiger partial charge in [-0.3, -0.25) is 4.79 Å². The Hall–Kier alpha value is -2.14. The molecule has 19 heavy (non-hydrogen) atoms. The van der Waals surface area contributed by atoms with Crippen LogP contribution in [0.25, 0.3) is 0 Å². The zero-order chi connectivity index (χ0) is 13.8. The summed E-state index contributed by atoms with van der Waals surface area (Å²) in [6.07, 6.45) is 0.278. The fraction of sp³-hybridized carbons (Fsp3) is 0.143. The van der Waals surface area contributed by atoms with Crippen LogP contribution in [0.5, 0.6) is 0 Å². The molecule has 0 bridgehead atoms. The Morgan fingerprint density at radius 1 is 1.26 bits per heavy atom. The first-order chi connectivity index (χ1) is 9.06. The van der Waals surface area contributed by atoms with Crippen LogP contribution in [0.15, 0.2) is 36.4 Å². The number of aryl methyl sites for hydroxylation is 1. The monoisotopic (exact) mass is 275 g/mol. The largest absolute Gasteiger partial charge is 0.477 e. The van der Waals surface area contributed by atoms with Crippen LogP contribution in [-0.4, -0.2) is 17.0 Å². The van der Waals surface area contributed by atoms with Crippen molar-refractivity contribution in [3.05, 3.63) is 52.4 Å². The number of amides is 1. The number of aromatic carboxylic acids is 1. The van der Waals surface area contributed by atoms with Crippen LogP contribution in [0.1, 0.15) is 20.8 Å². The van der Waals surface area contributed by atoms with Crippen LogP contribution in [-0.2, 0) is 11.2 Å². The summed E-state index contributed by atoms with van der Waals surface area (Å²) >= 11 is 1.08. The van der Waals surface area contributed by atoms with Crippen molar-refractivity contribution < 1.29 is 14.7 Å². The van der Waals surface area contributed by atoms with Crippen molar-refractivity contribution >= 4 is 28.2 Å². The van der Waals surface area contributed by atoms with Gasteiger partial charge in [0.15, 0.2) is 0 Å². The van der Waals surface area contributed by atoms with Gasteiger partial charge in [-0.2, -0.15) is 0 Å². The van der Waals surface area contributed by atoms with E-state index in [2.05, 4.69) is 5.32 Å². The molecule has 1 heterocycles. The summed E-state index contributed by atoms with van der Waals surface area (Å²) in [6, 6.07) is 11.1. The fourth-order valence-corrected chi connectivity index (χ4v) is 2.65. The standard InChI is InChI=1S/C14H13NO3S/c1-9-7-12(19-13(9)14(17)18)15-11(16)8-10-5-3-2-4-6-10/h2-7H,8H2,1H3,(H,15,16)(H,17,18). The number of hydrogen-bond acceptors (Lipinski definition) is 3. The van der Waals surface area contributed by atoms with Gasteiger partial charge in [0.1, 0.15) is 4.88 Å². The van der Waals surface area contributed by atoms with E-state index in [1.165, 1.54) is 0 Å². The van der Waals surface area contributed by atoms with Gasteiger partial charge < -0.3 is 10.4 Å². The average Bonchev–Trinajstić information content (AvgIpc) is 2.71. The molecule has 0 aliphatic carbocycles. The van der Waals surface area contributed by atoms with Crippen LogP contribution in [0.2, 0.25) is 0 Å². The van der Waals surface area contributed by atoms with Gasteiger partial charge in [-0.1, -0.05) is 30.3 Å². The number of anilines is 1. The average molecular weight is 275 g/mol. The van der Waals surface area contributed by atoms with E-state index in [1.54, 1.807) is 13.0 Å². The minimum absolute atomic E-state index is 0.149. The van der Waals surface area contributed by atoms with Crippen LogP contribution in [0.4, 0.5) is 5.00 Å². The lowest BCUT2D eigenvalue weighted by atomic mass is 10.1. The van der Waals surface area contributed by atoms with Gasteiger partial charge in [0, 0.05) is 0 Å². The SMILES string of the molecule is Cc1cc(NC(=O)Cc2ccccc2)sc1C(=O)O. The van der Waals surface area contributed by atoms with Crippen molar-refractivity contribution in [2.75, 3.05) is 5.32 Å². The van der Waals surface area contributed by atoms with Crippen LogP contribution >= 0.6 is 11.3 Å². The molecule has 0 aliphatic heterocycles. The molecule has 0 spiro atoms.